The average Bonchev–Trinajstić information content (AvgIpc) is 1.79. The van der Waals surface area contributed by atoms with Crippen LogP contribution < -0.4 is 69.3 Å². The molecule has 0 aliphatic carbocycles. The fourth-order valence-corrected chi connectivity index (χ4v) is 0.100. The van der Waals surface area contributed by atoms with E-state index in [0.29, 0.717) is 0 Å². The molecule has 0 aliphatic heterocycles. The number of carboxylic acid groups (broad SMARTS) is 2. The fourth-order valence-electron chi connectivity index (χ4n) is 0.100. The maximum atomic E-state index is 9.34. The van der Waals surface area contributed by atoms with Crippen LogP contribution in [0.15, 0.2) is 10.6 Å². The first kappa shape index (κ1) is 18.0. The molecule has 0 N–H and O–H groups in total. The molecule has 0 heterocycles. The minimum atomic E-state index is -1.98. The Morgan fingerprint density at radius 2 is 1.17 bits per heavy atom. The van der Waals surface area contributed by atoms with Crippen molar-refractivity contribution < 1.29 is 88.6 Å². The van der Waals surface area contributed by atoms with Crippen LogP contribution in [0.5, 0.6) is 0 Å². The van der Waals surface area contributed by atoms with Gasteiger partial charge in [0.15, 0.2) is 0 Å². The SMILES string of the molecule is O=C([O-])ON=NOC(=O)[O-].[Na+].[Na+]. The Kier molecular flexibility index (Phi) is 16.7. The van der Waals surface area contributed by atoms with E-state index in [1.807, 2.05) is 0 Å². The zero-order chi connectivity index (χ0) is 7.98. The Balaban J connectivity index is -0.000000405. The van der Waals surface area contributed by atoms with Gasteiger partial charge in [-0.05, 0) is 10.6 Å². The van der Waals surface area contributed by atoms with Crippen LogP contribution in [-0.2, 0) is 9.68 Å². The second-order valence-corrected chi connectivity index (χ2v) is 0.846. The molecular weight excluding hydrogens is 194 g/mol. The maximum Gasteiger partial charge on any atom is 1.00 e. The van der Waals surface area contributed by atoms with E-state index in [2.05, 4.69) is 20.2 Å². The van der Waals surface area contributed by atoms with Gasteiger partial charge in [-0.25, -0.2) is 0 Å². The van der Waals surface area contributed by atoms with Crippen LogP contribution in [0.2, 0.25) is 0 Å². The van der Waals surface area contributed by atoms with Crippen LogP contribution in [0.4, 0.5) is 9.59 Å². The van der Waals surface area contributed by atoms with Gasteiger partial charge in [-0.3, -0.25) is 0 Å². The minimum Gasteiger partial charge on any atom is -0.424 e. The summed E-state index contributed by atoms with van der Waals surface area (Å²) in [5, 5.41) is 23.1. The number of rotatable bonds is 2. The van der Waals surface area contributed by atoms with E-state index in [9.17, 15) is 19.8 Å². The smallest absolute Gasteiger partial charge is 0.424 e. The van der Waals surface area contributed by atoms with Crippen molar-refractivity contribution in [3.63, 3.8) is 0 Å². The molecule has 12 heavy (non-hydrogen) atoms. The predicted octanol–water partition coefficient (Wildman–Crippen LogP) is -8.00. The standard InChI is InChI=1S/C2H2N2O6.2Na/c5-1(6)9-3-4-10-2(7)8;;/h(H,5,6)(H,7,8);;/q;2*+1/p-2. The Hall–Kier alpha value is 0.140. The van der Waals surface area contributed by atoms with Crippen LogP contribution in [0, 0.1) is 0 Å². The molecule has 0 saturated carbocycles. The van der Waals surface area contributed by atoms with Crippen molar-refractivity contribution in [3.8, 4) is 0 Å². The normalized spacial score (nSPS) is 7.67. The van der Waals surface area contributed by atoms with Crippen LogP contribution >= 0.6 is 0 Å². The van der Waals surface area contributed by atoms with Crippen molar-refractivity contribution in [2.75, 3.05) is 0 Å². The summed E-state index contributed by atoms with van der Waals surface area (Å²) in [5.41, 5.74) is 0. The second-order valence-electron chi connectivity index (χ2n) is 0.846. The third kappa shape index (κ3) is 16.6. The van der Waals surface area contributed by atoms with Crippen LogP contribution in [0.25, 0.3) is 0 Å². The van der Waals surface area contributed by atoms with Gasteiger partial charge in [-0.1, -0.05) is 0 Å². The molecule has 0 fully saturated rings. The molecule has 8 nitrogen and oxygen atoms in total. The summed E-state index contributed by atoms with van der Waals surface area (Å²) < 4.78 is 0. The molecule has 0 aromatic carbocycles. The van der Waals surface area contributed by atoms with E-state index in [1.165, 1.54) is 0 Å². The third-order valence-electron chi connectivity index (χ3n) is 0.264. The van der Waals surface area contributed by atoms with E-state index in [4.69, 9.17) is 0 Å². The van der Waals surface area contributed by atoms with E-state index < -0.39 is 12.3 Å². The van der Waals surface area contributed by atoms with Gasteiger partial charge < -0.3 is 29.5 Å². The summed E-state index contributed by atoms with van der Waals surface area (Å²) in [5.74, 6) is 0. The molecule has 0 aromatic rings. The topological polar surface area (TPSA) is 123 Å². The number of carbonyl (C=O) groups is 2. The molecule has 10 heteroatoms. The molecule has 0 spiro atoms. The van der Waals surface area contributed by atoms with Gasteiger partial charge in [0, 0.05) is 0 Å². The summed E-state index contributed by atoms with van der Waals surface area (Å²) in [4.78, 5) is 25.2. The molecule has 0 unspecified atom stereocenters. The first-order chi connectivity index (χ1) is 4.63. The van der Waals surface area contributed by atoms with Gasteiger partial charge in [-0.15, -0.1) is 0 Å². The molecule has 0 aliphatic rings. The van der Waals surface area contributed by atoms with Crippen molar-refractivity contribution in [1.82, 2.24) is 0 Å². The molecule has 0 rings (SSSR count). The second kappa shape index (κ2) is 11.1. The summed E-state index contributed by atoms with van der Waals surface area (Å²) in [6.45, 7) is 0. The van der Waals surface area contributed by atoms with Gasteiger partial charge in [-0.2, -0.15) is 0 Å². The van der Waals surface area contributed by atoms with Crippen molar-refractivity contribution in [3.05, 3.63) is 0 Å². The van der Waals surface area contributed by atoms with E-state index in [0.717, 1.165) is 0 Å². The minimum absolute atomic E-state index is 0. The molecular formula is C2N2Na2O6. The molecule has 0 aromatic heterocycles. The van der Waals surface area contributed by atoms with Crippen LogP contribution in [-0.4, -0.2) is 12.3 Å². The van der Waals surface area contributed by atoms with Gasteiger partial charge in [0.05, 0.1) is 0 Å². The number of hydrogen-bond donors (Lipinski definition) is 0. The zero-order valence-electron chi connectivity index (χ0n) is 6.34. The Bertz CT molecular complexity index is 153. The van der Waals surface area contributed by atoms with Crippen molar-refractivity contribution in [1.29, 1.82) is 0 Å². The number of carbonyl (C=O) groups excluding carboxylic acids is 2. The Morgan fingerprint density at radius 3 is 1.33 bits per heavy atom. The monoisotopic (exact) mass is 194 g/mol. The van der Waals surface area contributed by atoms with Gasteiger partial charge in [0.2, 0.25) is 0 Å². The van der Waals surface area contributed by atoms with E-state index >= 15 is 0 Å². The van der Waals surface area contributed by atoms with Crippen molar-refractivity contribution in [2.45, 2.75) is 0 Å². The summed E-state index contributed by atoms with van der Waals surface area (Å²) in [6, 6.07) is 0. The maximum absolute atomic E-state index is 9.34. The van der Waals surface area contributed by atoms with Crippen LogP contribution in [0.1, 0.15) is 0 Å². The molecule has 56 valence electrons. The van der Waals surface area contributed by atoms with Crippen LogP contribution in [0.3, 0.4) is 0 Å². The summed E-state index contributed by atoms with van der Waals surface area (Å²) in [7, 11) is 0. The molecule has 0 radical (unpaired) electrons. The quantitative estimate of drug-likeness (QED) is 0.244. The first-order valence-corrected chi connectivity index (χ1v) is 1.79. The fraction of sp³-hybridized carbons (Fsp3) is 0. The van der Waals surface area contributed by atoms with E-state index in [-0.39, 0.29) is 59.1 Å². The summed E-state index contributed by atoms with van der Waals surface area (Å²) >= 11 is 0. The molecule has 0 saturated heterocycles. The predicted molar refractivity (Wildman–Crippen MR) is 17.8 cm³/mol. The molecule has 0 bridgehead atoms. The van der Waals surface area contributed by atoms with Gasteiger partial charge >= 0.3 is 59.1 Å². The number of hydrogen-bond acceptors (Lipinski definition) is 8. The number of nitrogens with zero attached hydrogens (tertiary/aromatic N) is 2. The average molecular weight is 194 g/mol. The molecule has 0 atom stereocenters. The first-order valence-electron chi connectivity index (χ1n) is 1.79. The van der Waals surface area contributed by atoms with Gasteiger partial charge in [0.1, 0.15) is 0 Å². The Morgan fingerprint density at radius 1 is 0.917 bits per heavy atom. The van der Waals surface area contributed by atoms with Gasteiger partial charge in [0.25, 0.3) is 12.3 Å². The van der Waals surface area contributed by atoms with E-state index in [1.54, 1.807) is 0 Å². The van der Waals surface area contributed by atoms with Crippen molar-refractivity contribution >= 4 is 12.3 Å². The Labute approximate surface area is 110 Å². The largest absolute Gasteiger partial charge is 1.00 e. The molecule has 0 amide bonds. The van der Waals surface area contributed by atoms with Crippen molar-refractivity contribution in [2.24, 2.45) is 10.6 Å². The summed E-state index contributed by atoms with van der Waals surface area (Å²) in [6.07, 6.45) is -3.96. The third-order valence-corrected chi connectivity index (χ3v) is 0.264. The zero-order valence-corrected chi connectivity index (χ0v) is 10.3.